The third kappa shape index (κ3) is 5.29. The fraction of sp³-hybridized carbons (Fsp3) is 0.500. The first-order valence-corrected chi connectivity index (χ1v) is 12.9. The fourth-order valence-corrected chi connectivity index (χ4v) is 8.92. The van der Waals surface area contributed by atoms with Gasteiger partial charge in [-0.1, -0.05) is 102 Å². The highest BCUT2D eigenvalue weighted by Crippen LogP contribution is 2.37. The van der Waals surface area contributed by atoms with Crippen molar-refractivity contribution in [3.63, 3.8) is 0 Å². The summed E-state index contributed by atoms with van der Waals surface area (Å²) >= 11 is 0. The van der Waals surface area contributed by atoms with Gasteiger partial charge in [-0.05, 0) is 34.7 Å². The molecule has 1 N–H and O–H groups in total. The van der Waals surface area contributed by atoms with E-state index in [1.807, 2.05) is 50.2 Å². The van der Waals surface area contributed by atoms with Crippen LogP contribution in [0.15, 0.2) is 60.7 Å². The molecule has 0 aliphatic rings. The van der Waals surface area contributed by atoms with Crippen LogP contribution in [0.1, 0.15) is 54.9 Å². The van der Waals surface area contributed by atoms with Crippen LogP contribution in [0.3, 0.4) is 0 Å². The minimum absolute atomic E-state index is 0.0314. The van der Waals surface area contributed by atoms with Crippen molar-refractivity contribution >= 4 is 24.5 Å². The van der Waals surface area contributed by atoms with Gasteiger partial charge in [-0.15, -0.1) is 0 Å². The van der Waals surface area contributed by atoms with Gasteiger partial charge in [0, 0.05) is 5.92 Å². The number of benzene rings is 2. The second kappa shape index (κ2) is 10.0. The standard InChI is InChI=1S/C26H38O3Si/c1-19(2)18-24(27)20(3)25(28)21(4)29-30(26(5,6)7,22-14-10-8-11-15-22)23-16-12-9-13-17-23/h8-17,19-21,24,27H,18H2,1-7H3/t20-,21+,24+/m1/s1. The van der Waals surface area contributed by atoms with Crippen molar-refractivity contribution in [1.29, 1.82) is 0 Å². The molecule has 3 atom stereocenters. The van der Waals surface area contributed by atoms with Gasteiger partial charge in [0.05, 0.1) is 6.10 Å². The number of carbonyl (C=O) groups excluding carboxylic acids is 1. The summed E-state index contributed by atoms with van der Waals surface area (Å²) in [4.78, 5) is 13.3. The Bertz CT molecular complexity index is 757. The van der Waals surface area contributed by atoms with Crippen molar-refractivity contribution in [3.8, 4) is 0 Å². The zero-order chi connectivity index (χ0) is 22.5. The summed E-state index contributed by atoms with van der Waals surface area (Å²) in [5, 5.41) is 12.6. The van der Waals surface area contributed by atoms with E-state index in [-0.39, 0.29) is 10.8 Å². The van der Waals surface area contributed by atoms with Crippen LogP contribution >= 0.6 is 0 Å². The molecule has 2 aromatic rings. The molecule has 0 saturated carbocycles. The van der Waals surface area contributed by atoms with Crippen LogP contribution in [0.2, 0.25) is 5.04 Å². The third-order valence-corrected chi connectivity index (χ3v) is 11.0. The van der Waals surface area contributed by atoms with E-state index in [0.717, 1.165) is 10.4 Å². The molecule has 4 heteroatoms. The maximum Gasteiger partial charge on any atom is 0.262 e. The highest BCUT2D eigenvalue weighted by Gasteiger charge is 2.52. The summed E-state index contributed by atoms with van der Waals surface area (Å²) in [6, 6.07) is 20.7. The van der Waals surface area contributed by atoms with Crippen molar-refractivity contribution in [2.24, 2.45) is 11.8 Å². The molecule has 0 radical (unpaired) electrons. The van der Waals surface area contributed by atoms with Crippen LogP contribution in [0, 0.1) is 11.8 Å². The Morgan fingerprint density at radius 3 is 1.70 bits per heavy atom. The maximum atomic E-state index is 13.3. The van der Waals surface area contributed by atoms with Crippen LogP contribution in [-0.4, -0.2) is 31.4 Å². The molecule has 30 heavy (non-hydrogen) atoms. The molecule has 0 aliphatic carbocycles. The number of ketones is 1. The first-order valence-electron chi connectivity index (χ1n) is 11.0. The average Bonchev–Trinajstić information content (AvgIpc) is 2.70. The molecule has 0 saturated heterocycles. The number of hydrogen-bond acceptors (Lipinski definition) is 3. The molecule has 0 fully saturated rings. The normalized spacial score (nSPS) is 15.6. The highest BCUT2D eigenvalue weighted by atomic mass is 28.4. The molecular formula is C26H38O3Si. The second-order valence-corrected chi connectivity index (χ2v) is 14.1. The first-order chi connectivity index (χ1) is 14.0. The van der Waals surface area contributed by atoms with E-state index < -0.39 is 26.4 Å². The number of Topliss-reactive ketones (excluding diaryl/α,β-unsaturated/α-hetero) is 1. The number of carbonyl (C=O) groups is 1. The summed E-state index contributed by atoms with van der Waals surface area (Å²) in [6.07, 6.45) is -0.644. The lowest BCUT2D eigenvalue weighted by Crippen LogP contribution is -2.68. The molecule has 0 heterocycles. The van der Waals surface area contributed by atoms with E-state index >= 15 is 0 Å². The summed E-state index contributed by atoms with van der Waals surface area (Å²) in [5.41, 5.74) is 0. The quantitative estimate of drug-likeness (QED) is 0.598. The predicted molar refractivity (Wildman–Crippen MR) is 128 cm³/mol. The topological polar surface area (TPSA) is 46.5 Å². The zero-order valence-corrected chi connectivity index (χ0v) is 20.6. The molecule has 0 bridgehead atoms. The number of hydrogen-bond donors (Lipinski definition) is 1. The Balaban J connectivity index is 2.49. The Morgan fingerprint density at radius 1 is 0.900 bits per heavy atom. The van der Waals surface area contributed by atoms with E-state index in [2.05, 4.69) is 58.9 Å². The molecule has 0 aromatic heterocycles. The van der Waals surface area contributed by atoms with Crippen molar-refractivity contribution in [2.45, 2.75) is 72.1 Å². The minimum Gasteiger partial charge on any atom is -0.398 e. The Kier molecular flexibility index (Phi) is 8.20. The number of rotatable bonds is 9. The van der Waals surface area contributed by atoms with Gasteiger partial charge in [-0.25, -0.2) is 0 Å². The lowest BCUT2D eigenvalue weighted by molar-refractivity contribution is -0.132. The molecule has 0 amide bonds. The zero-order valence-electron chi connectivity index (χ0n) is 19.6. The maximum absolute atomic E-state index is 13.3. The van der Waals surface area contributed by atoms with Crippen LogP contribution in [0.25, 0.3) is 0 Å². The lowest BCUT2D eigenvalue weighted by atomic mass is 9.91. The van der Waals surface area contributed by atoms with Crippen LogP contribution in [0.5, 0.6) is 0 Å². The Hall–Kier alpha value is -1.75. The van der Waals surface area contributed by atoms with Crippen molar-refractivity contribution in [3.05, 3.63) is 60.7 Å². The van der Waals surface area contributed by atoms with Crippen LogP contribution in [0.4, 0.5) is 0 Å². The molecule has 0 aliphatic heterocycles. The monoisotopic (exact) mass is 426 g/mol. The summed E-state index contributed by atoms with van der Waals surface area (Å²) in [7, 11) is -2.79. The predicted octanol–water partition coefficient (Wildman–Crippen LogP) is 4.56. The van der Waals surface area contributed by atoms with Gasteiger partial charge in [-0.3, -0.25) is 4.79 Å². The highest BCUT2D eigenvalue weighted by molar-refractivity contribution is 6.99. The largest absolute Gasteiger partial charge is 0.398 e. The first kappa shape index (κ1) is 24.5. The van der Waals surface area contributed by atoms with Crippen LogP contribution in [-0.2, 0) is 9.22 Å². The van der Waals surface area contributed by atoms with Crippen molar-refractivity contribution in [2.75, 3.05) is 0 Å². The van der Waals surface area contributed by atoms with Gasteiger partial charge in [0.25, 0.3) is 8.32 Å². The number of aliphatic hydroxyl groups excluding tert-OH is 1. The molecule has 0 unspecified atom stereocenters. The van der Waals surface area contributed by atoms with Crippen LogP contribution < -0.4 is 10.4 Å². The molecule has 0 spiro atoms. The Morgan fingerprint density at radius 2 is 1.33 bits per heavy atom. The molecular weight excluding hydrogens is 388 g/mol. The SMILES string of the molecule is CC(C)C[C@H](O)[C@@H](C)C(=O)[C@H](C)O[Si](c1ccccc1)(c1ccccc1)C(C)(C)C. The smallest absolute Gasteiger partial charge is 0.262 e. The molecule has 2 aromatic carbocycles. The average molecular weight is 427 g/mol. The van der Waals surface area contributed by atoms with E-state index in [1.165, 1.54) is 0 Å². The van der Waals surface area contributed by atoms with E-state index in [1.54, 1.807) is 0 Å². The number of aliphatic hydroxyl groups is 1. The minimum atomic E-state index is -2.79. The lowest BCUT2D eigenvalue weighted by Gasteiger charge is -2.44. The van der Waals surface area contributed by atoms with Crippen molar-refractivity contribution in [1.82, 2.24) is 0 Å². The van der Waals surface area contributed by atoms with Gasteiger partial charge in [0.2, 0.25) is 0 Å². The summed E-state index contributed by atoms with van der Waals surface area (Å²) in [6.45, 7) is 14.4. The Labute approximate surface area is 183 Å². The van der Waals surface area contributed by atoms with Gasteiger partial charge in [0.1, 0.15) is 6.10 Å². The van der Waals surface area contributed by atoms with Gasteiger partial charge < -0.3 is 9.53 Å². The molecule has 2 rings (SSSR count). The van der Waals surface area contributed by atoms with Crippen molar-refractivity contribution < 1.29 is 14.3 Å². The van der Waals surface area contributed by atoms with Gasteiger partial charge in [0.15, 0.2) is 5.78 Å². The summed E-state index contributed by atoms with van der Waals surface area (Å²) in [5.74, 6) is -0.153. The van der Waals surface area contributed by atoms with Gasteiger partial charge >= 0.3 is 0 Å². The van der Waals surface area contributed by atoms with E-state index in [0.29, 0.717) is 12.3 Å². The van der Waals surface area contributed by atoms with E-state index in [9.17, 15) is 9.90 Å². The molecule has 3 nitrogen and oxygen atoms in total. The van der Waals surface area contributed by atoms with Gasteiger partial charge in [-0.2, -0.15) is 0 Å². The fourth-order valence-electron chi connectivity index (χ4n) is 4.26. The molecule has 164 valence electrons. The summed E-state index contributed by atoms with van der Waals surface area (Å²) < 4.78 is 6.89. The third-order valence-electron chi connectivity index (χ3n) is 5.91. The van der Waals surface area contributed by atoms with E-state index in [4.69, 9.17) is 4.43 Å². The second-order valence-electron chi connectivity index (χ2n) is 9.81.